The highest BCUT2D eigenvalue weighted by atomic mass is 19.1. The van der Waals surface area contributed by atoms with Crippen LogP contribution < -0.4 is 4.90 Å². The third-order valence-electron chi connectivity index (χ3n) is 4.36. The molecule has 2 heterocycles. The summed E-state index contributed by atoms with van der Waals surface area (Å²) in [5.74, 6) is 0.443. The van der Waals surface area contributed by atoms with Crippen LogP contribution in [0, 0.1) is 12.7 Å². The van der Waals surface area contributed by atoms with E-state index in [1.165, 1.54) is 12.1 Å². The summed E-state index contributed by atoms with van der Waals surface area (Å²) >= 11 is 0. The van der Waals surface area contributed by atoms with Crippen LogP contribution >= 0.6 is 0 Å². The Morgan fingerprint density at radius 2 is 1.84 bits per heavy atom. The van der Waals surface area contributed by atoms with Gasteiger partial charge in [-0.3, -0.25) is 4.79 Å². The van der Waals surface area contributed by atoms with Crippen molar-refractivity contribution in [2.24, 2.45) is 0 Å². The van der Waals surface area contributed by atoms with E-state index in [1.807, 2.05) is 31.2 Å². The van der Waals surface area contributed by atoms with Crippen molar-refractivity contribution in [1.82, 2.24) is 10.1 Å². The molecule has 0 bridgehead atoms. The Kier molecular flexibility index (Phi) is 3.80. The van der Waals surface area contributed by atoms with Gasteiger partial charge in [-0.15, -0.1) is 0 Å². The fourth-order valence-corrected chi connectivity index (χ4v) is 2.96. The van der Waals surface area contributed by atoms with E-state index in [4.69, 9.17) is 4.52 Å². The van der Waals surface area contributed by atoms with Gasteiger partial charge in [0.1, 0.15) is 5.82 Å². The van der Waals surface area contributed by atoms with Crippen LogP contribution in [-0.2, 0) is 4.79 Å². The summed E-state index contributed by atoms with van der Waals surface area (Å²) < 4.78 is 18.4. The molecule has 0 radical (unpaired) electrons. The largest absolute Gasteiger partial charge is 0.339 e. The second kappa shape index (κ2) is 6.12. The molecule has 5 nitrogen and oxygen atoms in total. The Morgan fingerprint density at radius 1 is 1.12 bits per heavy atom. The van der Waals surface area contributed by atoms with E-state index in [1.54, 1.807) is 17.0 Å². The summed E-state index contributed by atoms with van der Waals surface area (Å²) in [6.07, 6.45) is 0.299. The monoisotopic (exact) mass is 337 g/mol. The number of aromatic nitrogens is 2. The Morgan fingerprint density at radius 3 is 2.56 bits per heavy atom. The van der Waals surface area contributed by atoms with E-state index in [2.05, 4.69) is 10.1 Å². The molecular formula is C19H16FN3O2. The normalized spacial score (nSPS) is 17.3. The lowest BCUT2D eigenvalue weighted by Crippen LogP contribution is -2.24. The molecule has 2 aromatic carbocycles. The first kappa shape index (κ1) is 15.5. The predicted molar refractivity (Wildman–Crippen MR) is 90.6 cm³/mol. The van der Waals surface area contributed by atoms with Gasteiger partial charge in [-0.2, -0.15) is 4.98 Å². The number of rotatable bonds is 3. The maximum Gasteiger partial charge on any atom is 0.232 e. The molecule has 1 fully saturated rings. The molecule has 1 amide bonds. The van der Waals surface area contributed by atoms with Crippen molar-refractivity contribution < 1.29 is 13.7 Å². The van der Waals surface area contributed by atoms with Crippen LogP contribution in [0.3, 0.4) is 0 Å². The molecule has 0 unspecified atom stereocenters. The minimum Gasteiger partial charge on any atom is -0.339 e. The van der Waals surface area contributed by atoms with E-state index >= 15 is 0 Å². The van der Waals surface area contributed by atoms with Gasteiger partial charge in [0, 0.05) is 24.2 Å². The maximum atomic E-state index is 13.1. The van der Waals surface area contributed by atoms with Crippen molar-refractivity contribution in [2.75, 3.05) is 11.4 Å². The summed E-state index contributed by atoms with van der Waals surface area (Å²) in [6.45, 7) is 2.46. The Labute approximate surface area is 144 Å². The topological polar surface area (TPSA) is 59.2 Å². The van der Waals surface area contributed by atoms with E-state index in [0.29, 0.717) is 30.4 Å². The number of anilines is 1. The van der Waals surface area contributed by atoms with Crippen LogP contribution in [0.1, 0.15) is 23.8 Å². The standard InChI is InChI=1S/C19H16FN3O2/c1-12-2-4-13(5-3-12)18-21-19(25-22-18)14-10-17(24)23(11-14)16-8-6-15(20)7-9-16/h2-9,14H,10-11H2,1H3/t14-/m0/s1. The Hall–Kier alpha value is -3.02. The van der Waals surface area contributed by atoms with Crippen molar-refractivity contribution in [3.05, 3.63) is 65.8 Å². The highest BCUT2D eigenvalue weighted by Gasteiger charge is 2.35. The van der Waals surface area contributed by atoms with E-state index in [9.17, 15) is 9.18 Å². The lowest BCUT2D eigenvalue weighted by Gasteiger charge is -2.15. The smallest absolute Gasteiger partial charge is 0.232 e. The lowest BCUT2D eigenvalue weighted by atomic mass is 10.1. The Balaban J connectivity index is 1.54. The van der Waals surface area contributed by atoms with Gasteiger partial charge in [-0.1, -0.05) is 35.0 Å². The molecule has 1 atom stereocenters. The maximum absolute atomic E-state index is 13.1. The zero-order valence-electron chi connectivity index (χ0n) is 13.6. The highest BCUT2D eigenvalue weighted by Crippen LogP contribution is 2.32. The minimum atomic E-state index is -0.327. The molecule has 0 saturated carbocycles. The fraction of sp³-hybridized carbons (Fsp3) is 0.211. The molecule has 0 spiro atoms. The van der Waals surface area contributed by atoms with E-state index in [-0.39, 0.29) is 17.6 Å². The lowest BCUT2D eigenvalue weighted by molar-refractivity contribution is -0.117. The second-order valence-electron chi connectivity index (χ2n) is 6.20. The van der Waals surface area contributed by atoms with Gasteiger partial charge in [0.25, 0.3) is 0 Å². The van der Waals surface area contributed by atoms with Crippen LogP contribution in [-0.4, -0.2) is 22.6 Å². The second-order valence-corrected chi connectivity index (χ2v) is 6.20. The van der Waals surface area contributed by atoms with E-state index in [0.717, 1.165) is 11.1 Å². The molecule has 0 aliphatic carbocycles. The van der Waals surface area contributed by atoms with E-state index < -0.39 is 0 Å². The third kappa shape index (κ3) is 3.03. The number of halogens is 1. The number of carbonyl (C=O) groups excluding carboxylic acids is 1. The average Bonchev–Trinajstić information content (AvgIpc) is 3.23. The molecule has 3 aromatic rings. The summed E-state index contributed by atoms with van der Waals surface area (Å²) in [5, 5.41) is 4.03. The summed E-state index contributed by atoms with van der Waals surface area (Å²) in [6, 6.07) is 13.7. The highest BCUT2D eigenvalue weighted by molar-refractivity contribution is 5.96. The van der Waals surface area contributed by atoms with Gasteiger partial charge in [0.2, 0.25) is 17.6 Å². The molecule has 6 heteroatoms. The fourth-order valence-electron chi connectivity index (χ4n) is 2.96. The summed E-state index contributed by atoms with van der Waals surface area (Å²) in [5.41, 5.74) is 2.70. The van der Waals surface area contributed by atoms with Crippen LogP contribution in [0.25, 0.3) is 11.4 Å². The van der Waals surface area contributed by atoms with Crippen molar-refractivity contribution in [3.63, 3.8) is 0 Å². The van der Waals surface area contributed by atoms with Crippen molar-refractivity contribution in [3.8, 4) is 11.4 Å². The van der Waals surface area contributed by atoms with Gasteiger partial charge in [-0.25, -0.2) is 4.39 Å². The molecular weight excluding hydrogens is 321 g/mol. The molecule has 0 N–H and O–H groups in total. The van der Waals surface area contributed by atoms with Gasteiger partial charge < -0.3 is 9.42 Å². The minimum absolute atomic E-state index is 0.0355. The van der Waals surface area contributed by atoms with Gasteiger partial charge in [0.05, 0.1) is 5.92 Å². The number of benzene rings is 2. The number of carbonyl (C=O) groups is 1. The van der Waals surface area contributed by atoms with Crippen LogP contribution in [0.15, 0.2) is 53.1 Å². The first-order valence-corrected chi connectivity index (χ1v) is 8.07. The SMILES string of the molecule is Cc1ccc(-c2noc([C@H]3CC(=O)N(c4ccc(F)cc4)C3)n2)cc1. The van der Waals surface area contributed by atoms with Crippen molar-refractivity contribution in [2.45, 2.75) is 19.3 Å². The zero-order valence-corrected chi connectivity index (χ0v) is 13.6. The predicted octanol–water partition coefficient (Wildman–Crippen LogP) is 3.70. The van der Waals surface area contributed by atoms with Gasteiger partial charge in [-0.05, 0) is 31.2 Å². The molecule has 4 rings (SSSR count). The number of nitrogens with zero attached hydrogens (tertiary/aromatic N) is 3. The summed E-state index contributed by atoms with van der Waals surface area (Å²) in [4.78, 5) is 18.4. The van der Waals surface area contributed by atoms with Crippen molar-refractivity contribution >= 4 is 11.6 Å². The number of hydrogen-bond acceptors (Lipinski definition) is 4. The number of amides is 1. The molecule has 1 aliphatic heterocycles. The quantitative estimate of drug-likeness (QED) is 0.731. The number of aryl methyl sites for hydroxylation is 1. The molecule has 25 heavy (non-hydrogen) atoms. The van der Waals surface area contributed by atoms with Crippen LogP contribution in [0.4, 0.5) is 10.1 Å². The van der Waals surface area contributed by atoms with Gasteiger partial charge in [0.15, 0.2) is 0 Å². The molecule has 1 aliphatic rings. The van der Waals surface area contributed by atoms with Gasteiger partial charge >= 0.3 is 0 Å². The molecule has 1 saturated heterocycles. The first-order chi connectivity index (χ1) is 12.1. The Bertz CT molecular complexity index is 903. The first-order valence-electron chi connectivity index (χ1n) is 8.07. The van der Waals surface area contributed by atoms with Crippen LogP contribution in [0.5, 0.6) is 0 Å². The van der Waals surface area contributed by atoms with Crippen LogP contribution in [0.2, 0.25) is 0 Å². The molecule has 126 valence electrons. The third-order valence-corrected chi connectivity index (χ3v) is 4.36. The zero-order chi connectivity index (χ0) is 17.4. The number of hydrogen-bond donors (Lipinski definition) is 0. The van der Waals surface area contributed by atoms with Crippen molar-refractivity contribution in [1.29, 1.82) is 0 Å². The molecule has 1 aromatic heterocycles. The summed E-state index contributed by atoms with van der Waals surface area (Å²) in [7, 11) is 0. The average molecular weight is 337 g/mol.